The number of hydrogen-bond donors (Lipinski definition) is 3. The van der Waals surface area contributed by atoms with Crippen molar-refractivity contribution in [2.45, 2.75) is 71.5 Å². The van der Waals surface area contributed by atoms with Crippen molar-refractivity contribution in [1.29, 1.82) is 0 Å². The van der Waals surface area contributed by atoms with Crippen LogP contribution in [0.25, 0.3) is 0 Å². The molecule has 2 aliphatic heterocycles. The van der Waals surface area contributed by atoms with Gasteiger partial charge in [-0.3, -0.25) is 14.4 Å². The number of nitrogens with two attached hydrogens (primary N) is 1. The smallest absolute Gasteiger partial charge is 0.253 e. The highest BCUT2D eigenvalue weighted by atomic mass is 16.2. The van der Waals surface area contributed by atoms with E-state index in [1.807, 2.05) is 12.1 Å². The van der Waals surface area contributed by atoms with Gasteiger partial charge < -0.3 is 26.2 Å². The van der Waals surface area contributed by atoms with Gasteiger partial charge in [-0.15, -0.1) is 0 Å². The van der Waals surface area contributed by atoms with E-state index in [0.717, 1.165) is 44.0 Å². The number of aromatic nitrogens is 1. The number of primary amides is 1. The fourth-order valence-corrected chi connectivity index (χ4v) is 5.71. The van der Waals surface area contributed by atoms with Crippen molar-refractivity contribution in [3.8, 4) is 0 Å². The van der Waals surface area contributed by atoms with E-state index in [1.165, 1.54) is 0 Å². The van der Waals surface area contributed by atoms with Crippen molar-refractivity contribution in [3.63, 3.8) is 0 Å². The summed E-state index contributed by atoms with van der Waals surface area (Å²) in [5.41, 5.74) is 9.17. The van der Waals surface area contributed by atoms with E-state index in [9.17, 15) is 14.4 Å². The van der Waals surface area contributed by atoms with E-state index in [4.69, 9.17) is 5.73 Å². The van der Waals surface area contributed by atoms with Gasteiger partial charge in [0.25, 0.3) is 11.8 Å². The van der Waals surface area contributed by atoms with Crippen LogP contribution in [0.5, 0.6) is 0 Å². The lowest BCUT2D eigenvalue weighted by atomic mass is 9.94. The minimum atomic E-state index is -0.505. The Morgan fingerprint density at radius 1 is 1.03 bits per heavy atom. The predicted octanol–water partition coefficient (Wildman–Crippen LogP) is 3.31. The molecule has 4 N–H and O–H groups in total. The van der Waals surface area contributed by atoms with Gasteiger partial charge in [-0.1, -0.05) is 13.5 Å². The van der Waals surface area contributed by atoms with Gasteiger partial charge >= 0.3 is 0 Å². The molecule has 3 amide bonds. The number of rotatable bonds is 7. The predicted molar refractivity (Wildman–Crippen MR) is 153 cm³/mol. The van der Waals surface area contributed by atoms with Crippen LogP contribution in [0.15, 0.2) is 42.7 Å². The number of amides is 3. The maximum absolute atomic E-state index is 13.1. The van der Waals surface area contributed by atoms with Gasteiger partial charge in [0.1, 0.15) is 5.82 Å². The summed E-state index contributed by atoms with van der Waals surface area (Å²) in [5, 5.41) is 6.28. The van der Waals surface area contributed by atoms with E-state index in [-0.39, 0.29) is 29.9 Å². The van der Waals surface area contributed by atoms with Gasteiger partial charge in [0.05, 0.1) is 5.56 Å². The highest BCUT2D eigenvalue weighted by molar-refractivity contribution is 5.99. The number of nitrogens with one attached hydrogen (secondary N) is 2. The molecule has 3 heterocycles. The summed E-state index contributed by atoms with van der Waals surface area (Å²) >= 11 is 0. The van der Waals surface area contributed by atoms with Crippen LogP contribution in [-0.2, 0) is 0 Å². The van der Waals surface area contributed by atoms with Gasteiger partial charge in [-0.25, -0.2) is 4.98 Å². The lowest BCUT2D eigenvalue weighted by Crippen LogP contribution is -2.48. The number of carbonyl (C=O) groups excluding carboxylic acids is 3. The SMILES string of the molecule is C=C1CC(NC(=O)c2cc(C)c(C(N)=O)cc2C)CC(C)N1c1ccc(C(=O)NC2CCN(CC)CC2)cn1. The monoisotopic (exact) mass is 532 g/mol. The maximum atomic E-state index is 13.1. The molecule has 39 heavy (non-hydrogen) atoms. The van der Waals surface area contributed by atoms with Gasteiger partial charge in [0.2, 0.25) is 5.91 Å². The Kier molecular flexibility index (Phi) is 8.70. The van der Waals surface area contributed by atoms with Crippen molar-refractivity contribution in [2.75, 3.05) is 24.5 Å². The van der Waals surface area contributed by atoms with Crippen LogP contribution in [0.4, 0.5) is 5.82 Å². The second kappa shape index (κ2) is 12.0. The number of hydrogen-bond acceptors (Lipinski definition) is 6. The summed E-state index contributed by atoms with van der Waals surface area (Å²) in [6.45, 7) is 15.1. The molecule has 1 aromatic heterocycles. The molecule has 2 atom stereocenters. The largest absolute Gasteiger partial charge is 0.366 e. The quantitative estimate of drug-likeness (QED) is 0.503. The Hall–Kier alpha value is -3.72. The van der Waals surface area contributed by atoms with Crippen molar-refractivity contribution < 1.29 is 14.4 Å². The Morgan fingerprint density at radius 3 is 2.26 bits per heavy atom. The first-order valence-electron chi connectivity index (χ1n) is 13.8. The first-order valence-corrected chi connectivity index (χ1v) is 13.8. The summed E-state index contributed by atoms with van der Waals surface area (Å²) in [4.78, 5) is 46.5. The van der Waals surface area contributed by atoms with E-state index >= 15 is 0 Å². The molecular formula is C30H40N6O3. The highest BCUT2D eigenvalue weighted by Gasteiger charge is 2.31. The molecule has 9 heteroatoms. The van der Waals surface area contributed by atoms with E-state index < -0.39 is 5.91 Å². The third kappa shape index (κ3) is 6.47. The maximum Gasteiger partial charge on any atom is 0.253 e. The number of aryl methyl sites for hydroxylation is 2. The first-order chi connectivity index (χ1) is 18.6. The van der Waals surface area contributed by atoms with Crippen molar-refractivity contribution >= 4 is 23.5 Å². The van der Waals surface area contributed by atoms with Crippen molar-refractivity contribution in [2.24, 2.45) is 5.73 Å². The average molecular weight is 533 g/mol. The number of carbonyl (C=O) groups is 3. The molecule has 0 aliphatic carbocycles. The molecule has 2 unspecified atom stereocenters. The molecule has 2 aromatic rings. The Labute approximate surface area is 230 Å². The Bertz CT molecular complexity index is 1250. The summed E-state index contributed by atoms with van der Waals surface area (Å²) in [5.74, 6) is -0.0424. The van der Waals surface area contributed by atoms with Crippen molar-refractivity contribution in [1.82, 2.24) is 20.5 Å². The average Bonchev–Trinajstić information content (AvgIpc) is 2.90. The van der Waals surface area contributed by atoms with Crippen LogP contribution in [-0.4, -0.2) is 65.4 Å². The lowest BCUT2D eigenvalue weighted by molar-refractivity contribution is 0.0909. The minimum absolute atomic E-state index is 0.0487. The van der Waals surface area contributed by atoms with Crippen LogP contribution in [0.3, 0.4) is 0 Å². The summed E-state index contributed by atoms with van der Waals surface area (Å²) in [6.07, 6.45) is 4.84. The fraction of sp³-hybridized carbons (Fsp3) is 0.467. The van der Waals surface area contributed by atoms with Crippen LogP contribution in [0.1, 0.15) is 81.7 Å². The normalized spacial score (nSPS) is 20.5. The molecule has 1 aromatic carbocycles. The van der Waals surface area contributed by atoms with Gasteiger partial charge in [0.15, 0.2) is 0 Å². The Balaban J connectivity index is 1.36. The van der Waals surface area contributed by atoms with Crippen LogP contribution in [0.2, 0.25) is 0 Å². The van der Waals surface area contributed by atoms with E-state index in [2.05, 4.69) is 45.8 Å². The molecule has 2 fully saturated rings. The van der Waals surface area contributed by atoms with Gasteiger partial charge in [-0.05, 0) is 82.0 Å². The number of benzene rings is 1. The minimum Gasteiger partial charge on any atom is -0.366 e. The number of likely N-dealkylation sites (tertiary alicyclic amines) is 1. The molecule has 0 radical (unpaired) electrons. The third-order valence-electron chi connectivity index (χ3n) is 7.93. The second-order valence-electron chi connectivity index (χ2n) is 10.8. The molecule has 2 aliphatic rings. The summed E-state index contributed by atoms with van der Waals surface area (Å²) in [6, 6.07) is 7.22. The zero-order chi connectivity index (χ0) is 28.3. The molecule has 4 rings (SSSR count). The molecule has 9 nitrogen and oxygen atoms in total. The van der Waals surface area contributed by atoms with Crippen LogP contribution >= 0.6 is 0 Å². The summed E-state index contributed by atoms with van der Waals surface area (Å²) < 4.78 is 0. The molecular weight excluding hydrogens is 492 g/mol. The third-order valence-corrected chi connectivity index (χ3v) is 7.93. The second-order valence-corrected chi connectivity index (χ2v) is 10.8. The van der Waals surface area contributed by atoms with Gasteiger partial charge in [-0.2, -0.15) is 0 Å². The first kappa shape index (κ1) is 28.3. The molecule has 2 saturated heterocycles. The standard InChI is InChI=1S/C30H40N6O3/c1-6-35-11-9-23(10-12-35)33-29(38)22-7-8-27(32-17-22)36-20(4)15-24(16-21(36)5)34-30(39)26-14-18(2)25(28(31)37)13-19(26)3/h7-8,13-14,17,21,23-24H,4,6,9-12,15-16H2,1-3,5H3,(H2,31,37)(H,33,38)(H,34,39). The number of piperidine rings is 2. The van der Waals surface area contributed by atoms with E-state index in [1.54, 1.807) is 32.2 Å². The van der Waals surface area contributed by atoms with Crippen molar-refractivity contribution in [3.05, 3.63) is 70.6 Å². The number of nitrogens with zero attached hydrogens (tertiary/aromatic N) is 3. The zero-order valence-corrected chi connectivity index (χ0v) is 23.4. The molecule has 0 bridgehead atoms. The van der Waals surface area contributed by atoms with Crippen LogP contribution in [0, 0.1) is 13.8 Å². The lowest BCUT2D eigenvalue weighted by Gasteiger charge is -2.40. The fourth-order valence-electron chi connectivity index (χ4n) is 5.71. The molecule has 0 saturated carbocycles. The van der Waals surface area contributed by atoms with Crippen LogP contribution < -0.4 is 21.3 Å². The summed E-state index contributed by atoms with van der Waals surface area (Å²) in [7, 11) is 0. The zero-order valence-electron chi connectivity index (χ0n) is 23.4. The molecule has 0 spiro atoms. The van der Waals surface area contributed by atoms with E-state index in [0.29, 0.717) is 40.7 Å². The topological polar surface area (TPSA) is 121 Å². The molecule has 208 valence electrons. The number of pyridine rings is 1. The Morgan fingerprint density at radius 2 is 1.67 bits per heavy atom. The number of anilines is 1. The van der Waals surface area contributed by atoms with Gasteiger partial charge in [0, 0.05) is 60.7 Å². The highest BCUT2D eigenvalue weighted by Crippen LogP contribution is 2.30.